The number of morpholine rings is 1. The van der Waals surface area contributed by atoms with Crippen LogP contribution in [0.4, 0.5) is 0 Å². The summed E-state index contributed by atoms with van der Waals surface area (Å²) in [4.78, 5) is 17.7. The third-order valence-electron chi connectivity index (χ3n) is 6.57. The van der Waals surface area contributed by atoms with E-state index in [1.54, 1.807) is 24.3 Å². The van der Waals surface area contributed by atoms with Gasteiger partial charge in [0.1, 0.15) is 0 Å². The molecule has 1 aromatic carbocycles. The Bertz CT molecular complexity index is 825. The molecule has 0 saturated carbocycles. The molecule has 1 aromatic rings. The summed E-state index contributed by atoms with van der Waals surface area (Å²) in [6.07, 6.45) is 4.75. The standard InChI is InChI=1S/C22H33N3O4S/c26-22(24-12-8-19(9-13-24)18-23-14-16-29-17-15-23)20-6-2-3-7-21(20)30(27,28)25-10-4-1-5-11-25/h2-3,6-7,19H,1,4-5,8-18H2. The van der Waals surface area contributed by atoms with Crippen LogP contribution in [0.15, 0.2) is 29.2 Å². The Morgan fingerprint density at radius 1 is 0.933 bits per heavy atom. The number of sulfonamides is 1. The number of hydrogen-bond acceptors (Lipinski definition) is 5. The van der Waals surface area contributed by atoms with Crippen LogP contribution in [0.2, 0.25) is 0 Å². The van der Waals surface area contributed by atoms with Gasteiger partial charge >= 0.3 is 0 Å². The molecule has 7 nitrogen and oxygen atoms in total. The van der Waals surface area contributed by atoms with Crippen LogP contribution >= 0.6 is 0 Å². The van der Waals surface area contributed by atoms with Gasteiger partial charge in [-0.15, -0.1) is 0 Å². The number of carbonyl (C=O) groups excluding carboxylic acids is 1. The molecule has 0 aliphatic carbocycles. The van der Waals surface area contributed by atoms with E-state index in [1.807, 2.05) is 4.90 Å². The maximum absolute atomic E-state index is 13.3. The van der Waals surface area contributed by atoms with Gasteiger partial charge in [0.25, 0.3) is 5.91 Å². The Labute approximate surface area is 180 Å². The maximum atomic E-state index is 13.3. The van der Waals surface area contributed by atoms with Gasteiger partial charge in [-0.25, -0.2) is 8.42 Å². The average molecular weight is 436 g/mol. The van der Waals surface area contributed by atoms with Gasteiger partial charge in [-0.1, -0.05) is 18.6 Å². The van der Waals surface area contributed by atoms with Crippen molar-refractivity contribution in [1.29, 1.82) is 0 Å². The largest absolute Gasteiger partial charge is 0.379 e. The summed E-state index contributed by atoms with van der Waals surface area (Å²) in [7, 11) is -3.64. The zero-order valence-electron chi connectivity index (χ0n) is 17.7. The van der Waals surface area contributed by atoms with Gasteiger partial charge in [0.15, 0.2) is 0 Å². The van der Waals surface area contributed by atoms with E-state index in [1.165, 1.54) is 4.31 Å². The minimum atomic E-state index is -3.64. The van der Waals surface area contributed by atoms with Gasteiger partial charge in [0, 0.05) is 45.8 Å². The monoisotopic (exact) mass is 435 g/mol. The second kappa shape index (κ2) is 9.77. The minimum Gasteiger partial charge on any atom is -0.379 e. The van der Waals surface area contributed by atoms with E-state index in [0.29, 0.717) is 37.7 Å². The summed E-state index contributed by atoms with van der Waals surface area (Å²) in [6.45, 7) is 7.10. The van der Waals surface area contributed by atoms with Crippen LogP contribution < -0.4 is 0 Å². The number of rotatable bonds is 5. The highest BCUT2D eigenvalue weighted by molar-refractivity contribution is 7.89. The molecule has 0 N–H and O–H groups in total. The number of nitrogens with zero attached hydrogens (tertiary/aromatic N) is 3. The molecule has 3 fully saturated rings. The Kier molecular flexibility index (Phi) is 7.08. The molecule has 0 radical (unpaired) electrons. The first-order valence-corrected chi connectivity index (χ1v) is 12.7. The molecule has 0 bridgehead atoms. The summed E-state index contributed by atoms with van der Waals surface area (Å²) in [5.41, 5.74) is 0.315. The van der Waals surface area contributed by atoms with Gasteiger partial charge in [0.2, 0.25) is 10.0 Å². The fourth-order valence-corrected chi connectivity index (χ4v) is 6.45. The summed E-state index contributed by atoms with van der Waals surface area (Å²) < 4.78 is 33.4. The van der Waals surface area contributed by atoms with E-state index in [-0.39, 0.29) is 10.8 Å². The first-order chi connectivity index (χ1) is 14.6. The van der Waals surface area contributed by atoms with Gasteiger partial charge in [-0.05, 0) is 43.7 Å². The average Bonchev–Trinajstić information content (AvgIpc) is 2.80. The summed E-state index contributed by atoms with van der Waals surface area (Å²) in [6, 6.07) is 6.72. The summed E-state index contributed by atoms with van der Waals surface area (Å²) in [5, 5.41) is 0. The minimum absolute atomic E-state index is 0.156. The van der Waals surface area contributed by atoms with E-state index < -0.39 is 10.0 Å². The van der Waals surface area contributed by atoms with Crippen molar-refractivity contribution in [3.63, 3.8) is 0 Å². The Hall–Kier alpha value is -1.48. The predicted octanol–water partition coefficient (Wildman–Crippen LogP) is 2.05. The normalized spacial score (nSPS) is 22.9. The third-order valence-corrected chi connectivity index (χ3v) is 8.53. The van der Waals surface area contributed by atoms with Crippen LogP contribution in [0.3, 0.4) is 0 Å². The molecule has 1 amide bonds. The first-order valence-electron chi connectivity index (χ1n) is 11.2. The number of carbonyl (C=O) groups is 1. The molecule has 4 rings (SSSR count). The van der Waals surface area contributed by atoms with E-state index in [2.05, 4.69) is 4.90 Å². The SMILES string of the molecule is O=C(c1ccccc1S(=O)(=O)N1CCCCC1)N1CCC(CN2CCOCC2)CC1. The molecule has 0 aromatic heterocycles. The van der Waals surface area contributed by atoms with Crippen LogP contribution in [0.25, 0.3) is 0 Å². The fraction of sp³-hybridized carbons (Fsp3) is 0.682. The van der Waals surface area contributed by atoms with E-state index in [0.717, 1.165) is 65.0 Å². The highest BCUT2D eigenvalue weighted by Gasteiger charge is 2.32. The zero-order chi connectivity index (χ0) is 21.0. The molecule has 3 aliphatic rings. The molecule has 3 saturated heterocycles. The summed E-state index contributed by atoms with van der Waals surface area (Å²) >= 11 is 0. The molecule has 0 spiro atoms. The number of amides is 1. The third kappa shape index (κ3) is 4.88. The maximum Gasteiger partial charge on any atom is 0.255 e. The lowest BCUT2D eigenvalue weighted by Gasteiger charge is -2.36. The fourth-order valence-electron chi connectivity index (χ4n) is 4.75. The molecule has 166 valence electrons. The molecule has 0 unspecified atom stereocenters. The van der Waals surface area contributed by atoms with Crippen molar-refractivity contribution in [2.75, 3.05) is 59.0 Å². The van der Waals surface area contributed by atoms with E-state index >= 15 is 0 Å². The number of likely N-dealkylation sites (tertiary alicyclic amines) is 1. The second-order valence-corrected chi connectivity index (χ2v) is 10.5. The molecular formula is C22H33N3O4S. The van der Waals surface area contributed by atoms with Crippen LogP contribution in [-0.2, 0) is 14.8 Å². The van der Waals surface area contributed by atoms with Gasteiger partial charge < -0.3 is 9.64 Å². The zero-order valence-corrected chi connectivity index (χ0v) is 18.5. The number of benzene rings is 1. The Morgan fingerprint density at radius 3 is 2.30 bits per heavy atom. The topological polar surface area (TPSA) is 70.2 Å². The lowest BCUT2D eigenvalue weighted by atomic mass is 9.95. The smallest absolute Gasteiger partial charge is 0.255 e. The van der Waals surface area contributed by atoms with Crippen molar-refractivity contribution in [2.24, 2.45) is 5.92 Å². The van der Waals surface area contributed by atoms with Gasteiger partial charge in [-0.3, -0.25) is 9.69 Å². The van der Waals surface area contributed by atoms with E-state index in [4.69, 9.17) is 4.74 Å². The van der Waals surface area contributed by atoms with Crippen molar-refractivity contribution in [1.82, 2.24) is 14.1 Å². The van der Waals surface area contributed by atoms with Crippen LogP contribution in [0.5, 0.6) is 0 Å². The second-order valence-electron chi connectivity index (χ2n) is 8.61. The quantitative estimate of drug-likeness (QED) is 0.708. The van der Waals surface area contributed by atoms with Crippen molar-refractivity contribution < 1.29 is 17.9 Å². The van der Waals surface area contributed by atoms with Gasteiger partial charge in [-0.2, -0.15) is 4.31 Å². The highest BCUT2D eigenvalue weighted by Crippen LogP contribution is 2.26. The van der Waals surface area contributed by atoms with Crippen molar-refractivity contribution >= 4 is 15.9 Å². The summed E-state index contributed by atoms with van der Waals surface area (Å²) in [5.74, 6) is 0.426. The van der Waals surface area contributed by atoms with Crippen molar-refractivity contribution in [2.45, 2.75) is 37.0 Å². The molecule has 3 aliphatic heterocycles. The lowest BCUT2D eigenvalue weighted by molar-refractivity contribution is 0.0242. The molecule has 3 heterocycles. The predicted molar refractivity (Wildman–Crippen MR) is 115 cm³/mol. The molecule has 8 heteroatoms. The number of ether oxygens (including phenoxy) is 1. The van der Waals surface area contributed by atoms with Crippen molar-refractivity contribution in [3.8, 4) is 0 Å². The Balaban J connectivity index is 1.42. The number of hydrogen-bond donors (Lipinski definition) is 0. The van der Waals surface area contributed by atoms with Gasteiger partial charge in [0.05, 0.1) is 23.7 Å². The lowest BCUT2D eigenvalue weighted by Crippen LogP contribution is -2.44. The Morgan fingerprint density at radius 2 is 1.60 bits per heavy atom. The first kappa shape index (κ1) is 21.7. The van der Waals surface area contributed by atoms with Crippen LogP contribution in [-0.4, -0.2) is 87.5 Å². The number of piperidine rings is 2. The van der Waals surface area contributed by atoms with Crippen molar-refractivity contribution in [3.05, 3.63) is 29.8 Å². The highest BCUT2D eigenvalue weighted by atomic mass is 32.2. The van der Waals surface area contributed by atoms with E-state index in [9.17, 15) is 13.2 Å². The van der Waals surface area contributed by atoms with Crippen LogP contribution in [0.1, 0.15) is 42.5 Å². The van der Waals surface area contributed by atoms with Crippen LogP contribution in [0, 0.1) is 5.92 Å². The molecular weight excluding hydrogens is 402 g/mol. The molecule has 0 atom stereocenters. The molecule has 30 heavy (non-hydrogen) atoms.